The molecule has 1 aliphatic heterocycles. The van der Waals surface area contributed by atoms with Crippen molar-refractivity contribution in [3.63, 3.8) is 0 Å². The quantitative estimate of drug-likeness (QED) is 0.942. The van der Waals surface area contributed by atoms with E-state index in [0.29, 0.717) is 5.56 Å². The SMILES string of the molecule is CC(C)C(=O)N1CCC(Nc2c(C#N)cnc3ccccc23)CC1. The molecule has 3 rings (SSSR count). The second-order valence-corrected chi connectivity index (χ2v) is 6.57. The molecule has 1 N–H and O–H groups in total. The van der Waals surface area contributed by atoms with Crippen molar-refractivity contribution < 1.29 is 4.79 Å². The van der Waals surface area contributed by atoms with Gasteiger partial charge >= 0.3 is 0 Å². The number of nitrogens with one attached hydrogen (secondary N) is 1. The predicted octanol–water partition coefficient (Wildman–Crippen LogP) is 3.17. The summed E-state index contributed by atoms with van der Waals surface area (Å²) in [6, 6.07) is 10.3. The number of hydrogen-bond acceptors (Lipinski definition) is 4. The van der Waals surface area contributed by atoms with E-state index in [1.54, 1.807) is 6.20 Å². The second kappa shape index (κ2) is 6.88. The first-order chi connectivity index (χ1) is 11.6. The monoisotopic (exact) mass is 322 g/mol. The third kappa shape index (κ3) is 3.18. The standard InChI is InChI=1S/C19H22N4O/c1-13(2)19(24)23-9-7-15(8-10-23)22-18-14(11-20)12-21-17-6-4-3-5-16(17)18/h3-6,12-13,15H,7-10H2,1-2H3,(H,21,22). The van der Waals surface area contributed by atoms with Crippen LogP contribution in [0.3, 0.4) is 0 Å². The van der Waals surface area contributed by atoms with Gasteiger partial charge in [0.25, 0.3) is 0 Å². The summed E-state index contributed by atoms with van der Waals surface area (Å²) in [5, 5.41) is 13.9. The van der Waals surface area contributed by atoms with Crippen LogP contribution in [0.25, 0.3) is 10.9 Å². The van der Waals surface area contributed by atoms with E-state index in [1.165, 1.54) is 0 Å². The summed E-state index contributed by atoms with van der Waals surface area (Å²) < 4.78 is 0. The summed E-state index contributed by atoms with van der Waals surface area (Å²) >= 11 is 0. The molecule has 24 heavy (non-hydrogen) atoms. The minimum absolute atomic E-state index is 0.0452. The van der Waals surface area contributed by atoms with Gasteiger partial charge in [-0.25, -0.2) is 0 Å². The number of anilines is 1. The Kier molecular flexibility index (Phi) is 4.66. The van der Waals surface area contributed by atoms with Crippen molar-refractivity contribution in [2.75, 3.05) is 18.4 Å². The zero-order valence-electron chi connectivity index (χ0n) is 14.1. The maximum absolute atomic E-state index is 12.1. The summed E-state index contributed by atoms with van der Waals surface area (Å²) in [6.45, 7) is 5.41. The Labute approximate surface area is 142 Å². The average Bonchev–Trinajstić information content (AvgIpc) is 2.62. The molecule has 0 bridgehead atoms. The summed E-state index contributed by atoms with van der Waals surface area (Å²) in [6.07, 6.45) is 3.40. The number of nitrogens with zero attached hydrogens (tertiary/aromatic N) is 3. The van der Waals surface area contributed by atoms with E-state index in [2.05, 4.69) is 16.4 Å². The number of amides is 1. The van der Waals surface area contributed by atoms with Gasteiger partial charge in [0.05, 0.1) is 16.8 Å². The fourth-order valence-corrected chi connectivity index (χ4v) is 3.20. The van der Waals surface area contributed by atoms with Gasteiger partial charge in [0, 0.05) is 36.6 Å². The van der Waals surface area contributed by atoms with Crippen molar-refractivity contribution in [3.05, 3.63) is 36.0 Å². The fraction of sp³-hybridized carbons (Fsp3) is 0.421. The average molecular weight is 322 g/mol. The molecule has 0 unspecified atom stereocenters. The number of para-hydroxylation sites is 1. The highest BCUT2D eigenvalue weighted by Gasteiger charge is 2.25. The maximum Gasteiger partial charge on any atom is 0.225 e. The van der Waals surface area contributed by atoms with Crippen LogP contribution in [-0.2, 0) is 4.79 Å². The van der Waals surface area contributed by atoms with Crippen molar-refractivity contribution in [1.29, 1.82) is 5.26 Å². The van der Waals surface area contributed by atoms with Gasteiger partial charge < -0.3 is 10.2 Å². The van der Waals surface area contributed by atoms with Gasteiger partial charge in [0.15, 0.2) is 0 Å². The van der Waals surface area contributed by atoms with Crippen molar-refractivity contribution in [2.24, 2.45) is 5.92 Å². The Bertz CT molecular complexity index is 786. The van der Waals surface area contributed by atoms with E-state index >= 15 is 0 Å². The van der Waals surface area contributed by atoms with E-state index in [4.69, 9.17) is 0 Å². The lowest BCUT2D eigenvalue weighted by molar-refractivity contribution is -0.135. The number of benzene rings is 1. The molecule has 1 aliphatic rings. The first-order valence-electron chi connectivity index (χ1n) is 8.43. The molecule has 1 amide bonds. The lowest BCUT2D eigenvalue weighted by atomic mass is 10.0. The van der Waals surface area contributed by atoms with Gasteiger partial charge in [-0.2, -0.15) is 5.26 Å². The van der Waals surface area contributed by atoms with E-state index < -0.39 is 0 Å². The topological polar surface area (TPSA) is 69.0 Å². The van der Waals surface area contributed by atoms with Crippen LogP contribution in [-0.4, -0.2) is 34.9 Å². The third-order valence-electron chi connectivity index (χ3n) is 4.54. The van der Waals surface area contributed by atoms with E-state index in [0.717, 1.165) is 42.5 Å². The number of likely N-dealkylation sites (tertiary alicyclic amines) is 1. The summed E-state index contributed by atoms with van der Waals surface area (Å²) in [5.41, 5.74) is 2.30. The smallest absolute Gasteiger partial charge is 0.225 e. The predicted molar refractivity (Wildman–Crippen MR) is 94.5 cm³/mol. The first kappa shape index (κ1) is 16.3. The number of carbonyl (C=O) groups is 1. The van der Waals surface area contributed by atoms with Crippen LogP contribution < -0.4 is 5.32 Å². The van der Waals surface area contributed by atoms with Crippen molar-refractivity contribution in [1.82, 2.24) is 9.88 Å². The molecule has 1 saturated heterocycles. The van der Waals surface area contributed by atoms with Gasteiger partial charge in [-0.3, -0.25) is 9.78 Å². The van der Waals surface area contributed by atoms with Crippen LogP contribution in [0.4, 0.5) is 5.69 Å². The van der Waals surface area contributed by atoms with Gasteiger partial charge in [-0.05, 0) is 18.9 Å². The molecular weight excluding hydrogens is 300 g/mol. The van der Waals surface area contributed by atoms with Gasteiger partial charge in [0.2, 0.25) is 5.91 Å². The van der Waals surface area contributed by atoms with Crippen molar-refractivity contribution in [3.8, 4) is 6.07 Å². The molecule has 1 aromatic heterocycles. The lowest BCUT2D eigenvalue weighted by Gasteiger charge is -2.34. The fourth-order valence-electron chi connectivity index (χ4n) is 3.20. The lowest BCUT2D eigenvalue weighted by Crippen LogP contribution is -2.44. The molecule has 2 aromatic rings. The van der Waals surface area contributed by atoms with Crippen molar-refractivity contribution >= 4 is 22.5 Å². The van der Waals surface area contributed by atoms with Crippen LogP contribution in [0.2, 0.25) is 0 Å². The molecule has 1 aromatic carbocycles. The Morgan fingerprint density at radius 1 is 1.33 bits per heavy atom. The van der Waals surface area contributed by atoms with Crippen LogP contribution in [0.5, 0.6) is 0 Å². The minimum atomic E-state index is 0.0452. The van der Waals surface area contributed by atoms with Crippen LogP contribution in [0, 0.1) is 17.2 Å². The Morgan fingerprint density at radius 3 is 2.71 bits per heavy atom. The Balaban J connectivity index is 1.77. The van der Waals surface area contributed by atoms with Gasteiger partial charge in [-0.15, -0.1) is 0 Å². The minimum Gasteiger partial charge on any atom is -0.381 e. The number of carbonyl (C=O) groups excluding carboxylic acids is 1. The molecule has 2 heterocycles. The highest BCUT2D eigenvalue weighted by molar-refractivity contribution is 5.94. The summed E-state index contributed by atoms with van der Waals surface area (Å²) in [4.78, 5) is 18.4. The Hall–Kier alpha value is -2.61. The van der Waals surface area contributed by atoms with Crippen LogP contribution in [0.15, 0.2) is 30.5 Å². The number of fused-ring (bicyclic) bond motifs is 1. The van der Waals surface area contributed by atoms with Crippen LogP contribution >= 0.6 is 0 Å². The van der Waals surface area contributed by atoms with E-state index in [1.807, 2.05) is 43.0 Å². The summed E-state index contributed by atoms with van der Waals surface area (Å²) in [7, 11) is 0. The zero-order valence-corrected chi connectivity index (χ0v) is 14.1. The molecule has 0 atom stereocenters. The molecule has 1 fully saturated rings. The molecule has 124 valence electrons. The highest BCUT2D eigenvalue weighted by Crippen LogP contribution is 2.28. The third-order valence-corrected chi connectivity index (χ3v) is 4.54. The molecule has 5 heteroatoms. The zero-order chi connectivity index (χ0) is 17.1. The molecule has 5 nitrogen and oxygen atoms in total. The molecular formula is C19H22N4O. The first-order valence-corrected chi connectivity index (χ1v) is 8.43. The molecule has 0 aliphatic carbocycles. The summed E-state index contributed by atoms with van der Waals surface area (Å²) in [5.74, 6) is 0.268. The molecule has 0 saturated carbocycles. The number of hydrogen-bond donors (Lipinski definition) is 1. The number of pyridine rings is 1. The largest absolute Gasteiger partial charge is 0.381 e. The highest BCUT2D eigenvalue weighted by atomic mass is 16.2. The Morgan fingerprint density at radius 2 is 2.04 bits per heavy atom. The molecule has 0 spiro atoms. The second-order valence-electron chi connectivity index (χ2n) is 6.57. The van der Waals surface area contributed by atoms with Gasteiger partial charge in [0.1, 0.15) is 6.07 Å². The van der Waals surface area contributed by atoms with Crippen LogP contribution in [0.1, 0.15) is 32.3 Å². The number of aromatic nitrogens is 1. The molecule has 0 radical (unpaired) electrons. The maximum atomic E-state index is 12.1. The number of nitriles is 1. The normalized spacial score (nSPS) is 15.5. The number of rotatable bonds is 3. The van der Waals surface area contributed by atoms with E-state index in [9.17, 15) is 10.1 Å². The van der Waals surface area contributed by atoms with Gasteiger partial charge in [-0.1, -0.05) is 32.0 Å². The number of piperidine rings is 1. The van der Waals surface area contributed by atoms with Crippen molar-refractivity contribution in [2.45, 2.75) is 32.7 Å². The van der Waals surface area contributed by atoms with E-state index in [-0.39, 0.29) is 17.9 Å².